The number of anilines is 1. The number of nitrogens with two attached hydrogens (primary N) is 1. The number of hydrogen-bond donors (Lipinski definition) is 1. The van der Waals surface area contributed by atoms with Gasteiger partial charge in [-0.25, -0.2) is 9.07 Å². The third-order valence-corrected chi connectivity index (χ3v) is 4.90. The number of hydrogen-bond acceptors (Lipinski definition) is 5. The SMILES string of the molecule is C[Si](C)(C)CCOCn1cc(N)c(O[C@H]2COC[C@H]2F)n1. The average Bonchev–Trinajstić information content (AvgIpc) is 2.92. The second-order valence-electron chi connectivity index (χ2n) is 6.49. The highest BCUT2D eigenvalue weighted by Crippen LogP contribution is 2.23. The molecule has 21 heavy (non-hydrogen) atoms. The van der Waals surface area contributed by atoms with Gasteiger partial charge in [-0.3, -0.25) is 0 Å². The van der Waals surface area contributed by atoms with Gasteiger partial charge in [-0.15, -0.1) is 5.10 Å². The lowest BCUT2D eigenvalue weighted by Crippen LogP contribution is -2.27. The fourth-order valence-corrected chi connectivity index (χ4v) is 2.63. The maximum atomic E-state index is 13.4. The summed E-state index contributed by atoms with van der Waals surface area (Å²) in [7, 11) is -1.09. The maximum Gasteiger partial charge on any atom is 0.256 e. The number of ether oxygens (including phenoxy) is 3. The van der Waals surface area contributed by atoms with Crippen molar-refractivity contribution in [3.05, 3.63) is 6.20 Å². The molecular weight excluding hydrogens is 293 g/mol. The number of halogens is 1. The van der Waals surface area contributed by atoms with E-state index in [2.05, 4.69) is 24.7 Å². The van der Waals surface area contributed by atoms with E-state index in [0.29, 0.717) is 19.0 Å². The molecule has 0 radical (unpaired) electrons. The highest BCUT2D eigenvalue weighted by atomic mass is 28.3. The molecule has 120 valence electrons. The van der Waals surface area contributed by atoms with Gasteiger partial charge < -0.3 is 19.9 Å². The van der Waals surface area contributed by atoms with E-state index in [1.54, 1.807) is 10.9 Å². The first-order chi connectivity index (χ1) is 9.85. The van der Waals surface area contributed by atoms with Crippen LogP contribution in [0.1, 0.15) is 0 Å². The zero-order valence-electron chi connectivity index (χ0n) is 12.8. The smallest absolute Gasteiger partial charge is 0.256 e. The number of alkyl halides is 1. The molecule has 0 aliphatic carbocycles. The average molecular weight is 317 g/mol. The Labute approximate surface area is 125 Å². The predicted molar refractivity (Wildman–Crippen MR) is 80.9 cm³/mol. The van der Waals surface area contributed by atoms with Crippen molar-refractivity contribution in [1.82, 2.24) is 9.78 Å². The van der Waals surface area contributed by atoms with E-state index in [1.807, 2.05) is 0 Å². The van der Waals surface area contributed by atoms with Gasteiger partial charge in [0.25, 0.3) is 5.88 Å². The Morgan fingerprint density at radius 3 is 2.86 bits per heavy atom. The lowest BCUT2D eigenvalue weighted by atomic mass is 10.3. The molecule has 1 aromatic heterocycles. The zero-order valence-corrected chi connectivity index (χ0v) is 13.8. The van der Waals surface area contributed by atoms with E-state index in [9.17, 15) is 4.39 Å². The summed E-state index contributed by atoms with van der Waals surface area (Å²) in [5.74, 6) is 0.238. The van der Waals surface area contributed by atoms with Crippen molar-refractivity contribution < 1.29 is 18.6 Å². The fourth-order valence-electron chi connectivity index (χ4n) is 1.87. The number of nitrogen functional groups attached to an aromatic ring is 1. The molecule has 0 unspecified atom stereocenters. The van der Waals surface area contributed by atoms with E-state index in [-0.39, 0.29) is 19.1 Å². The molecule has 2 N–H and O–H groups in total. The largest absolute Gasteiger partial charge is 0.466 e. The summed E-state index contributed by atoms with van der Waals surface area (Å²) in [5, 5.41) is 4.18. The molecule has 0 bridgehead atoms. The number of rotatable bonds is 7. The first-order valence-corrected chi connectivity index (χ1v) is 10.8. The van der Waals surface area contributed by atoms with Gasteiger partial charge in [0.1, 0.15) is 12.4 Å². The molecule has 0 spiro atoms. The minimum atomic E-state index is -1.14. The second kappa shape index (κ2) is 6.76. The molecule has 8 heteroatoms. The van der Waals surface area contributed by atoms with E-state index in [4.69, 9.17) is 19.9 Å². The van der Waals surface area contributed by atoms with Crippen molar-refractivity contribution in [3.8, 4) is 5.88 Å². The molecule has 2 atom stereocenters. The third-order valence-electron chi connectivity index (χ3n) is 3.20. The van der Waals surface area contributed by atoms with E-state index >= 15 is 0 Å². The topological polar surface area (TPSA) is 71.5 Å². The quantitative estimate of drug-likeness (QED) is 0.614. The van der Waals surface area contributed by atoms with Gasteiger partial charge in [0.05, 0.1) is 19.4 Å². The molecule has 2 rings (SSSR count). The van der Waals surface area contributed by atoms with Crippen LogP contribution in [0.2, 0.25) is 25.7 Å². The summed E-state index contributed by atoms with van der Waals surface area (Å²) >= 11 is 0. The molecule has 1 saturated heterocycles. The van der Waals surface area contributed by atoms with Gasteiger partial charge in [-0.2, -0.15) is 0 Å². The summed E-state index contributed by atoms with van der Waals surface area (Å²) in [5.41, 5.74) is 6.20. The van der Waals surface area contributed by atoms with Gasteiger partial charge in [-0.05, 0) is 6.04 Å². The van der Waals surface area contributed by atoms with E-state index < -0.39 is 20.3 Å². The molecule has 0 saturated carbocycles. The Balaban J connectivity index is 1.81. The molecule has 1 aliphatic heterocycles. The van der Waals surface area contributed by atoms with Crippen LogP contribution in [0.15, 0.2) is 6.20 Å². The third kappa shape index (κ3) is 4.97. The molecule has 2 heterocycles. The summed E-state index contributed by atoms with van der Waals surface area (Å²) < 4.78 is 31.0. The van der Waals surface area contributed by atoms with Crippen LogP contribution in [0.25, 0.3) is 0 Å². The zero-order chi connectivity index (χ0) is 15.5. The molecule has 1 aromatic rings. The molecule has 0 aromatic carbocycles. The molecular formula is C13H24FN3O3Si. The first-order valence-electron chi connectivity index (χ1n) is 7.14. The Hall–Kier alpha value is -1.12. The van der Waals surface area contributed by atoms with Crippen molar-refractivity contribution in [2.75, 3.05) is 25.6 Å². The van der Waals surface area contributed by atoms with Crippen molar-refractivity contribution >= 4 is 13.8 Å². The van der Waals surface area contributed by atoms with Crippen molar-refractivity contribution in [1.29, 1.82) is 0 Å². The maximum absolute atomic E-state index is 13.4. The van der Waals surface area contributed by atoms with Crippen molar-refractivity contribution in [2.24, 2.45) is 0 Å². The monoisotopic (exact) mass is 317 g/mol. The Kier molecular flexibility index (Phi) is 5.23. The van der Waals surface area contributed by atoms with E-state index in [0.717, 1.165) is 6.04 Å². The Morgan fingerprint density at radius 1 is 1.48 bits per heavy atom. The standard InChI is InChI=1S/C13H24FN3O3Si/c1-21(2,3)5-4-18-9-17-6-11(15)13(16-17)20-12-8-19-7-10(12)14/h6,10,12H,4-5,7-9,15H2,1-3H3/t10-,12+/m1/s1. The normalized spacial score (nSPS) is 22.7. The van der Waals surface area contributed by atoms with Crippen molar-refractivity contribution in [2.45, 2.75) is 44.7 Å². The first kappa shape index (κ1) is 16.3. The van der Waals surface area contributed by atoms with Crippen LogP contribution in [-0.4, -0.2) is 50.0 Å². The van der Waals surface area contributed by atoms with Gasteiger partial charge in [0.15, 0.2) is 12.3 Å². The van der Waals surface area contributed by atoms with Crippen LogP contribution in [0.5, 0.6) is 5.88 Å². The highest BCUT2D eigenvalue weighted by Gasteiger charge is 2.31. The molecule has 6 nitrogen and oxygen atoms in total. The minimum absolute atomic E-state index is 0.0606. The van der Waals surface area contributed by atoms with Gasteiger partial charge in [0, 0.05) is 14.7 Å². The van der Waals surface area contributed by atoms with Gasteiger partial charge in [-0.1, -0.05) is 19.6 Å². The molecule has 0 amide bonds. The lowest BCUT2D eigenvalue weighted by Gasteiger charge is -2.15. The summed E-state index contributed by atoms with van der Waals surface area (Å²) in [6.45, 7) is 8.19. The van der Waals surface area contributed by atoms with Crippen molar-refractivity contribution in [3.63, 3.8) is 0 Å². The highest BCUT2D eigenvalue weighted by molar-refractivity contribution is 6.76. The van der Waals surface area contributed by atoms with Crippen LogP contribution in [0, 0.1) is 0 Å². The van der Waals surface area contributed by atoms with E-state index in [1.165, 1.54) is 0 Å². The van der Waals surface area contributed by atoms with Gasteiger partial charge >= 0.3 is 0 Å². The summed E-state index contributed by atoms with van der Waals surface area (Å²) in [6.07, 6.45) is -0.140. The second-order valence-corrected chi connectivity index (χ2v) is 12.1. The number of aromatic nitrogens is 2. The fraction of sp³-hybridized carbons (Fsp3) is 0.769. The minimum Gasteiger partial charge on any atom is -0.466 e. The molecule has 1 aliphatic rings. The number of nitrogens with zero attached hydrogens (tertiary/aromatic N) is 2. The van der Waals surface area contributed by atoms with Crippen LogP contribution in [-0.2, 0) is 16.2 Å². The lowest BCUT2D eigenvalue weighted by molar-refractivity contribution is 0.0748. The Morgan fingerprint density at radius 2 is 2.24 bits per heavy atom. The predicted octanol–water partition coefficient (Wildman–Crippen LogP) is 1.89. The molecule has 1 fully saturated rings. The Bertz CT molecular complexity index is 464. The van der Waals surface area contributed by atoms with Crippen LogP contribution < -0.4 is 10.5 Å². The van der Waals surface area contributed by atoms with Crippen LogP contribution in [0.4, 0.5) is 10.1 Å². The van der Waals surface area contributed by atoms with Gasteiger partial charge in [0.2, 0.25) is 0 Å². The van der Waals surface area contributed by atoms with Crippen LogP contribution in [0.3, 0.4) is 0 Å². The van der Waals surface area contributed by atoms with Crippen LogP contribution >= 0.6 is 0 Å². The summed E-state index contributed by atoms with van der Waals surface area (Å²) in [6, 6.07) is 1.09. The summed E-state index contributed by atoms with van der Waals surface area (Å²) in [4.78, 5) is 0.